The Kier molecular flexibility index (Phi) is 6.34. The van der Waals surface area contributed by atoms with Crippen molar-refractivity contribution in [3.05, 3.63) is 17.0 Å². The number of nitrogens with one attached hydrogen (secondary N) is 1. The number of carbonyl (C=O) groups is 2. The van der Waals surface area contributed by atoms with Crippen molar-refractivity contribution in [1.29, 1.82) is 0 Å². The lowest BCUT2D eigenvalue weighted by Crippen LogP contribution is -2.45. The second-order valence-electron chi connectivity index (χ2n) is 8.04. The number of ether oxygens (including phenoxy) is 1. The van der Waals surface area contributed by atoms with E-state index in [4.69, 9.17) is 10.5 Å². The molecule has 29 heavy (non-hydrogen) atoms. The van der Waals surface area contributed by atoms with Gasteiger partial charge < -0.3 is 15.8 Å². The van der Waals surface area contributed by atoms with Crippen molar-refractivity contribution >= 4 is 23.6 Å². The number of esters is 1. The Labute approximate surface area is 170 Å². The molecule has 0 spiro atoms. The van der Waals surface area contributed by atoms with Gasteiger partial charge in [0.15, 0.2) is 6.61 Å². The third-order valence-electron chi connectivity index (χ3n) is 6.06. The number of amides is 1. The van der Waals surface area contributed by atoms with E-state index in [0.717, 1.165) is 29.8 Å². The summed E-state index contributed by atoms with van der Waals surface area (Å²) in [6, 6.07) is 0.156. The smallest absolute Gasteiger partial charge is 0.306 e. The molecule has 0 aromatic carbocycles. The highest BCUT2D eigenvalue weighted by molar-refractivity contribution is 5.80. The Bertz CT molecular complexity index is 909. The summed E-state index contributed by atoms with van der Waals surface area (Å²) in [6.07, 6.45) is 3.89. The number of aryl methyl sites for hydroxylation is 2. The normalized spacial score (nSPS) is 21.9. The molecule has 1 amide bonds. The summed E-state index contributed by atoms with van der Waals surface area (Å²) in [5.41, 5.74) is 8.14. The minimum absolute atomic E-state index is 0.156. The minimum atomic E-state index is -0.415. The number of aromatic nitrogens is 4. The van der Waals surface area contributed by atoms with Crippen LogP contribution in [0.15, 0.2) is 0 Å². The predicted molar refractivity (Wildman–Crippen MR) is 108 cm³/mol. The van der Waals surface area contributed by atoms with Crippen molar-refractivity contribution in [2.24, 2.45) is 11.8 Å². The van der Waals surface area contributed by atoms with Gasteiger partial charge >= 0.3 is 5.97 Å². The standard InChI is InChI=1S/C20H30N6O3/c1-11-6-5-7-16(12(11)2)23-17(27)10-29-18(28)9-8-15-13(3)22-20-24-19(21)25-26(20)14(15)4/h11-12,16H,5-10H2,1-4H3,(H2,21,25)(H,23,27)/t11-,12+,16+/m0/s1. The van der Waals surface area contributed by atoms with Crippen LogP contribution >= 0.6 is 0 Å². The zero-order valence-electron chi connectivity index (χ0n) is 17.6. The number of nitrogens with two attached hydrogens (primary N) is 1. The van der Waals surface area contributed by atoms with Crippen LogP contribution in [0, 0.1) is 25.7 Å². The largest absolute Gasteiger partial charge is 0.456 e. The van der Waals surface area contributed by atoms with Crippen LogP contribution in [-0.4, -0.2) is 44.1 Å². The van der Waals surface area contributed by atoms with Gasteiger partial charge in [-0.15, -0.1) is 5.10 Å². The molecule has 3 rings (SSSR count). The molecule has 2 heterocycles. The molecule has 2 aromatic rings. The Hall–Kier alpha value is -2.71. The molecule has 1 aliphatic rings. The van der Waals surface area contributed by atoms with Gasteiger partial charge in [0.05, 0.1) is 0 Å². The van der Waals surface area contributed by atoms with Crippen molar-refractivity contribution in [2.45, 2.75) is 65.8 Å². The van der Waals surface area contributed by atoms with Gasteiger partial charge in [-0.2, -0.15) is 9.50 Å². The number of nitrogen functional groups attached to an aromatic ring is 1. The first-order valence-electron chi connectivity index (χ1n) is 10.2. The first-order chi connectivity index (χ1) is 13.8. The van der Waals surface area contributed by atoms with Crippen LogP contribution in [0.4, 0.5) is 5.95 Å². The molecule has 1 saturated carbocycles. The quantitative estimate of drug-likeness (QED) is 0.705. The van der Waals surface area contributed by atoms with Crippen molar-refractivity contribution < 1.29 is 14.3 Å². The summed E-state index contributed by atoms with van der Waals surface area (Å²) in [7, 11) is 0. The summed E-state index contributed by atoms with van der Waals surface area (Å²) < 4.78 is 6.75. The molecule has 0 unspecified atom stereocenters. The maximum absolute atomic E-state index is 12.2. The molecular formula is C20H30N6O3. The average Bonchev–Trinajstić information content (AvgIpc) is 3.04. The zero-order chi connectivity index (χ0) is 21.1. The molecule has 0 radical (unpaired) electrons. The van der Waals surface area contributed by atoms with Gasteiger partial charge in [0.25, 0.3) is 11.7 Å². The van der Waals surface area contributed by atoms with Crippen LogP contribution in [0.2, 0.25) is 0 Å². The molecule has 0 saturated heterocycles. The lowest BCUT2D eigenvalue weighted by molar-refractivity contribution is -0.148. The summed E-state index contributed by atoms with van der Waals surface area (Å²) in [5, 5.41) is 7.13. The Balaban J connectivity index is 1.50. The van der Waals surface area contributed by atoms with E-state index in [9.17, 15) is 9.59 Å². The molecule has 9 heteroatoms. The molecule has 3 atom stereocenters. The van der Waals surface area contributed by atoms with Gasteiger partial charge in [0.1, 0.15) is 0 Å². The van der Waals surface area contributed by atoms with E-state index in [2.05, 4.69) is 34.2 Å². The zero-order valence-corrected chi connectivity index (χ0v) is 17.6. The SMILES string of the molecule is Cc1nc2nc(N)nn2c(C)c1CCC(=O)OCC(=O)N[C@@H]1CCC[C@H](C)[C@H]1C. The molecule has 1 fully saturated rings. The first-order valence-corrected chi connectivity index (χ1v) is 10.2. The topological polar surface area (TPSA) is 124 Å². The van der Waals surface area contributed by atoms with Crippen molar-refractivity contribution in [3.8, 4) is 0 Å². The summed E-state index contributed by atoms with van der Waals surface area (Å²) in [6.45, 7) is 7.88. The van der Waals surface area contributed by atoms with E-state index in [1.165, 1.54) is 6.42 Å². The molecule has 0 aliphatic heterocycles. The van der Waals surface area contributed by atoms with E-state index in [1.54, 1.807) is 4.52 Å². The third kappa shape index (κ3) is 4.83. The highest BCUT2D eigenvalue weighted by Crippen LogP contribution is 2.29. The fraction of sp³-hybridized carbons (Fsp3) is 0.650. The second kappa shape index (κ2) is 8.75. The summed E-state index contributed by atoms with van der Waals surface area (Å²) >= 11 is 0. The summed E-state index contributed by atoms with van der Waals surface area (Å²) in [5.74, 6) is 0.966. The molecular weight excluding hydrogens is 372 g/mol. The van der Waals surface area contributed by atoms with Crippen LogP contribution in [0.3, 0.4) is 0 Å². The monoisotopic (exact) mass is 402 g/mol. The minimum Gasteiger partial charge on any atom is -0.456 e. The highest BCUT2D eigenvalue weighted by atomic mass is 16.5. The number of carbonyl (C=O) groups excluding carboxylic acids is 2. The molecule has 1 aliphatic carbocycles. The number of hydrogen-bond donors (Lipinski definition) is 2. The van der Waals surface area contributed by atoms with Crippen LogP contribution in [0.5, 0.6) is 0 Å². The molecule has 0 bridgehead atoms. The highest BCUT2D eigenvalue weighted by Gasteiger charge is 2.28. The Morgan fingerprint density at radius 3 is 2.76 bits per heavy atom. The second-order valence-corrected chi connectivity index (χ2v) is 8.04. The van der Waals surface area contributed by atoms with E-state index in [1.807, 2.05) is 13.8 Å². The lowest BCUT2D eigenvalue weighted by atomic mass is 9.78. The molecule has 9 nitrogen and oxygen atoms in total. The number of hydrogen-bond acceptors (Lipinski definition) is 7. The van der Waals surface area contributed by atoms with E-state index >= 15 is 0 Å². The van der Waals surface area contributed by atoms with Gasteiger partial charge in [-0.05, 0) is 44.1 Å². The predicted octanol–water partition coefficient (Wildman–Crippen LogP) is 1.74. The van der Waals surface area contributed by atoms with E-state index < -0.39 is 5.97 Å². The van der Waals surface area contributed by atoms with Gasteiger partial charge in [-0.25, -0.2) is 4.98 Å². The van der Waals surface area contributed by atoms with Crippen molar-refractivity contribution in [3.63, 3.8) is 0 Å². The van der Waals surface area contributed by atoms with E-state index in [-0.39, 0.29) is 30.9 Å². The summed E-state index contributed by atoms with van der Waals surface area (Å²) in [4.78, 5) is 32.8. The van der Waals surface area contributed by atoms with Gasteiger partial charge in [0.2, 0.25) is 5.95 Å². The number of anilines is 1. The van der Waals surface area contributed by atoms with Gasteiger partial charge in [-0.3, -0.25) is 9.59 Å². The fourth-order valence-corrected chi connectivity index (χ4v) is 4.07. The Morgan fingerprint density at radius 1 is 1.24 bits per heavy atom. The molecule has 2 aromatic heterocycles. The van der Waals surface area contributed by atoms with Gasteiger partial charge in [0, 0.05) is 23.9 Å². The fourth-order valence-electron chi connectivity index (χ4n) is 4.07. The lowest BCUT2D eigenvalue weighted by Gasteiger charge is -2.34. The number of nitrogens with zero attached hydrogens (tertiary/aromatic N) is 4. The maximum atomic E-state index is 12.2. The Morgan fingerprint density at radius 2 is 2.00 bits per heavy atom. The van der Waals surface area contributed by atoms with E-state index in [0.29, 0.717) is 24.0 Å². The van der Waals surface area contributed by atoms with Crippen molar-refractivity contribution in [2.75, 3.05) is 12.3 Å². The van der Waals surface area contributed by atoms with Gasteiger partial charge in [-0.1, -0.05) is 26.7 Å². The molecule has 3 N–H and O–H groups in total. The van der Waals surface area contributed by atoms with Crippen molar-refractivity contribution in [1.82, 2.24) is 24.9 Å². The van der Waals surface area contributed by atoms with Crippen LogP contribution in [-0.2, 0) is 20.7 Å². The average molecular weight is 402 g/mol. The number of fused-ring (bicyclic) bond motifs is 1. The molecule has 158 valence electrons. The third-order valence-corrected chi connectivity index (χ3v) is 6.06. The number of rotatable bonds is 6. The first kappa shape index (κ1) is 21.0. The maximum Gasteiger partial charge on any atom is 0.306 e. The van der Waals surface area contributed by atoms with Crippen LogP contribution in [0.1, 0.15) is 56.5 Å². The van der Waals surface area contributed by atoms with Crippen LogP contribution in [0.25, 0.3) is 5.78 Å². The van der Waals surface area contributed by atoms with Crippen LogP contribution < -0.4 is 11.1 Å².